The summed E-state index contributed by atoms with van der Waals surface area (Å²) in [6, 6.07) is -0.957. The predicted octanol–water partition coefficient (Wildman–Crippen LogP) is 4.48. The highest BCUT2D eigenvalue weighted by Gasteiger charge is 2.27. The maximum atomic E-state index is 11.8. The fourth-order valence-electron chi connectivity index (χ4n) is 3.78. The molecular formula is C22H44N2O4. The summed E-state index contributed by atoms with van der Waals surface area (Å²) >= 11 is 0. The number of hydrogen-bond acceptors (Lipinski definition) is 4. The second kappa shape index (κ2) is 16.8. The van der Waals surface area contributed by atoms with E-state index in [2.05, 4.69) is 13.8 Å². The molecule has 0 spiro atoms. The van der Waals surface area contributed by atoms with Crippen LogP contribution in [-0.2, 0) is 9.59 Å². The van der Waals surface area contributed by atoms with Gasteiger partial charge in [-0.1, -0.05) is 79.1 Å². The minimum Gasteiger partial charge on any atom is -0.480 e. The summed E-state index contributed by atoms with van der Waals surface area (Å²) in [6.07, 6.45) is 9.85. The molecule has 0 saturated heterocycles. The molecule has 0 heterocycles. The van der Waals surface area contributed by atoms with Crippen LogP contribution in [0.2, 0.25) is 0 Å². The maximum Gasteiger partial charge on any atom is 0.320 e. The Labute approximate surface area is 172 Å². The molecule has 0 aromatic carbocycles. The quantitative estimate of drug-likeness (QED) is 0.311. The van der Waals surface area contributed by atoms with Crippen LogP contribution in [0.1, 0.15) is 91.9 Å². The summed E-state index contributed by atoms with van der Waals surface area (Å²) in [5.74, 6) is -1.54. The summed E-state index contributed by atoms with van der Waals surface area (Å²) in [7, 11) is 0. The van der Waals surface area contributed by atoms with Crippen molar-refractivity contribution in [2.45, 2.75) is 104 Å². The smallest absolute Gasteiger partial charge is 0.320 e. The molecule has 6 nitrogen and oxygen atoms in total. The normalized spacial score (nSPS) is 13.8. The Morgan fingerprint density at radius 2 is 1.00 bits per heavy atom. The molecule has 0 radical (unpaired) electrons. The Morgan fingerprint density at radius 3 is 1.25 bits per heavy atom. The molecule has 0 fully saturated rings. The molecule has 0 rings (SSSR count). The van der Waals surface area contributed by atoms with Crippen molar-refractivity contribution in [1.82, 2.24) is 9.80 Å². The average molecular weight is 401 g/mol. The Balaban J connectivity index is 4.80. The van der Waals surface area contributed by atoms with Gasteiger partial charge in [0, 0.05) is 13.1 Å². The van der Waals surface area contributed by atoms with Crippen LogP contribution in [-0.4, -0.2) is 70.2 Å². The van der Waals surface area contributed by atoms with E-state index >= 15 is 0 Å². The molecular weight excluding hydrogens is 356 g/mol. The Bertz CT molecular complexity index is 379. The monoisotopic (exact) mass is 400 g/mol. The largest absolute Gasteiger partial charge is 0.480 e. The van der Waals surface area contributed by atoms with Crippen molar-refractivity contribution in [2.75, 3.05) is 26.2 Å². The molecule has 0 bridgehead atoms. The summed E-state index contributed by atoms with van der Waals surface area (Å²) in [5, 5.41) is 19.3. The molecule has 0 saturated carbocycles. The molecule has 2 N–H and O–H groups in total. The standard InChI is InChI=1S/C22H44N2O4/c1-5-9-11-13-15-19(21(25)26)23(7-3)17-18-24(8-4)20(22(27)28)16-14-12-10-6-2/h19-20H,5-18H2,1-4H3,(H,25,26)(H,27,28). The van der Waals surface area contributed by atoms with Gasteiger partial charge in [0.2, 0.25) is 0 Å². The fraction of sp³-hybridized carbons (Fsp3) is 0.909. The highest BCUT2D eigenvalue weighted by atomic mass is 16.4. The zero-order chi connectivity index (χ0) is 21.4. The van der Waals surface area contributed by atoms with Crippen LogP contribution < -0.4 is 0 Å². The van der Waals surface area contributed by atoms with Crippen molar-refractivity contribution >= 4 is 11.9 Å². The van der Waals surface area contributed by atoms with Crippen LogP contribution in [0.5, 0.6) is 0 Å². The molecule has 2 unspecified atom stereocenters. The molecule has 0 aliphatic rings. The Hall–Kier alpha value is -1.14. The second-order valence-electron chi connectivity index (χ2n) is 7.66. The van der Waals surface area contributed by atoms with Gasteiger partial charge in [-0.25, -0.2) is 0 Å². The van der Waals surface area contributed by atoms with Crippen LogP contribution >= 0.6 is 0 Å². The third-order valence-electron chi connectivity index (χ3n) is 5.60. The minimum atomic E-state index is -0.768. The van der Waals surface area contributed by atoms with E-state index < -0.39 is 24.0 Å². The van der Waals surface area contributed by atoms with Gasteiger partial charge in [0.05, 0.1) is 0 Å². The van der Waals surface area contributed by atoms with E-state index in [1.165, 1.54) is 0 Å². The van der Waals surface area contributed by atoms with E-state index in [1.807, 2.05) is 23.6 Å². The van der Waals surface area contributed by atoms with Crippen LogP contribution in [0.15, 0.2) is 0 Å². The number of carboxylic acid groups (broad SMARTS) is 2. The molecule has 2 atom stereocenters. The van der Waals surface area contributed by atoms with Crippen molar-refractivity contribution in [3.05, 3.63) is 0 Å². The van der Waals surface area contributed by atoms with Gasteiger partial charge in [0.1, 0.15) is 12.1 Å². The lowest BCUT2D eigenvalue weighted by molar-refractivity contribution is -0.146. The number of carboxylic acids is 2. The van der Waals surface area contributed by atoms with Gasteiger partial charge < -0.3 is 10.2 Å². The number of aliphatic carboxylic acids is 2. The van der Waals surface area contributed by atoms with Gasteiger partial charge in [0.15, 0.2) is 0 Å². The first-order valence-electron chi connectivity index (χ1n) is 11.4. The van der Waals surface area contributed by atoms with E-state index in [4.69, 9.17) is 0 Å². The number of hydrogen-bond donors (Lipinski definition) is 2. The maximum absolute atomic E-state index is 11.8. The van der Waals surface area contributed by atoms with Gasteiger partial charge in [-0.15, -0.1) is 0 Å². The lowest BCUT2D eigenvalue weighted by atomic mass is 10.0. The lowest BCUT2D eigenvalue weighted by Crippen LogP contribution is -2.48. The number of carbonyl (C=O) groups is 2. The van der Waals surface area contributed by atoms with Crippen molar-refractivity contribution in [2.24, 2.45) is 0 Å². The highest BCUT2D eigenvalue weighted by Crippen LogP contribution is 2.15. The Morgan fingerprint density at radius 1 is 0.643 bits per heavy atom. The number of unbranched alkanes of at least 4 members (excludes halogenated alkanes) is 6. The summed E-state index contributed by atoms with van der Waals surface area (Å²) in [5.41, 5.74) is 0. The third kappa shape index (κ3) is 11.0. The fourth-order valence-corrected chi connectivity index (χ4v) is 3.78. The first-order chi connectivity index (χ1) is 13.4. The van der Waals surface area contributed by atoms with E-state index in [-0.39, 0.29) is 0 Å². The zero-order valence-corrected chi connectivity index (χ0v) is 18.7. The van der Waals surface area contributed by atoms with Crippen LogP contribution in [0, 0.1) is 0 Å². The van der Waals surface area contributed by atoms with E-state index in [9.17, 15) is 19.8 Å². The Kier molecular flexibility index (Phi) is 16.1. The molecule has 6 heteroatoms. The predicted molar refractivity (Wildman–Crippen MR) is 115 cm³/mol. The van der Waals surface area contributed by atoms with Crippen LogP contribution in [0.3, 0.4) is 0 Å². The van der Waals surface area contributed by atoms with Gasteiger partial charge in [-0.2, -0.15) is 0 Å². The second-order valence-corrected chi connectivity index (χ2v) is 7.66. The van der Waals surface area contributed by atoms with E-state index in [0.29, 0.717) is 39.0 Å². The molecule has 0 aromatic heterocycles. The van der Waals surface area contributed by atoms with Gasteiger partial charge in [0.25, 0.3) is 0 Å². The number of rotatable bonds is 19. The van der Waals surface area contributed by atoms with Gasteiger partial charge in [-0.05, 0) is 25.9 Å². The molecule has 28 heavy (non-hydrogen) atoms. The topological polar surface area (TPSA) is 81.1 Å². The zero-order valence-electron chi connectivity index (χ0n) is 18.7. The first kappa shape index (κ1) is 26.9. The summed E-state index contributed by atoms with van der Waals surface area (Å²) in [6.45, 7) is 10.8. The first-order valence-corrected chi connectivity index (χ1v) is 11.4. The lowest BCUT2D eigenvalue weighted by Gasteiger charge is -2.33. The van der Waals surface area contributed by atoms with Crippen molar-refractivity contribution < 1.29 is 19.8 Å². The molecule has 0 aromatic rings. The van der Waals surface area contributed by atoms with Crippen molar-refractivity contribution in [1.29, 1.82) is 0 Å². The summed E-state index contributed by atoms with van der Waals surface area (Å²) < 4.78 is 0. The van der Waals surface area contributed by atoms with E-state index in [1.54, 1.807) is 0 Å². The SMILES string of the molecule is CCCCCCC(C(=O)O)N(CC)CCN(CC)C(CCCCCC)C(=O)O. The van der Waals surface area contributed by atoms with Gasteiger partial charge >= 0.3 is 11.9 Å². The van der Waals surface area contributed by atoms with Crippen LogP contribution in [0.4, 0.5) is 0 Å². The average Bonchev–Trinajstić information content (AvgIpc) is 2.66. The molecule has 166 valence electrons. The molecule has 0 aliphatic carbocycles. The summed E-state index contributed by atoms with van der Waals surface area (Å²) in [4.78, 5) is 27.5. The van der Waals surface area contributed by atoms with Crippen LogP contribution in [0.25, 0.3) is 0 Å². The molecule has 0 amide bonds. The van der Waals surface area contributed by atoms with Crippen molar-refractivity contribution in [3.63, 3.8) is 0 Å². The van der Waals surface area contributed by atoms with Gasteiger partial charge in [-0.3, -0.25) is 19.4 Å². The number of nitrogens with zero attached hydrogens (tertiary/aromatic N) is 2. The number of likely N-dealkylation sites (N-methyl/N-ethyl adjacent to an activating group) is 2. The third-order valence-corrected chi connectivity index (χ3v) is 5.60. The highest BCUT2D eigenvalue weighted by molar-refractivity contribution is 5.74. The minimum absolute atomic E-state index is 0.478. The van der Waals surface area contributed by atoms with E-state index in [0.717, 1.165) is 51.4 Å². The molecule has 0 aliphatic heterocycles. The van der Waals surface area contributed by atoms with Crippen molar-refractivity contribution in [3.8, 4) is 0 Å².